The van der Waals surface area contributed by atoms with Gasteiger partial charge in [0.15, 0.2) is 11.6 Å². The zero-order valence-electron chi connectivity index (χ0n) is 25.6. The second-order valence-corrected chi connectivity index (χ2v) is 10.4. The van der Waals surface area contributed by atoms with Crippen molar-refractivity contribution >= 4 is 17.4 Å². The molecule has 1 aromatic carbocycles. The second-order valence-electron chi connectivity index (χ2n) is 10.4. The van der Waals surface area contributed by atoms with Gasteiger partial charge in [0, 0.05) is 45.5 Å². The molecule has 0 spiro atoms. The lowest BCUT2D eigenvalue weighted by atomic mass is 10.1. The zero-order chi connectivity index (χ0) is 29.9. The topological polar surface area (TPSA) is 58.0 Å². The number of aryl methyl sites for hydroxylation is 1. The van der Waals surface area contributed by atoms with Crippen LogP contribution in [0.5, 0.6) is 0 Å². The Hall–Kier alpha value is -2.86. The maximum Gasteiger partial charge on any atom is 0.169 e. The molecule has 0 radical (unpaired) electrons. The monoisotopic (exact) mass is 566 g/mol. The van der Waals surface area contributed by atoms with Crippen LogP contribution in [0.1, 0.15) is 56.3 Å². The Morgan fingerprint density at radius 1 is 1.10 bits per heavy atom. The molecule has 220 valence electrons. The number of benzene rings is 1. The fourth-order valence-electron chi connectivity index (χ4n) is 4.07. The summed E-state index contributed by atoms with van der Waals surface area (Å²) in [6.45, 7) is 21.8. The van der Waals surface area contributed by atoms with Crippen LogP contribution in [-0.4, -0.2) is 61.8 Å². The average molecular weight is 567 g/mol. The number of aliphatic imine (C=N–C) groups is 1. The number of likely N-dealkylation sites (N-methyl/N-ethyl adjacent to an activating group) is 1. The maximum absolute atomic E-state index is 6.18. The molecule has 2 heterocycles. The number of rotatable bonds is 11. The summed E-state index contributed by atoms with van der Waals surface area (Å²) < 4.78 is 5.92. The van der Waals surface area contributed by atoms with Crippen molar-refractivity contribution in [3.8, 4) is 0 Å². The van der Waals surface area contributed by atoms with E-state index in [1.54, 1.807) is 0 Å². The van der Waals surface area contributed by atoms with Gasteiger partial charge in [-0.15, -0.1) is 18.2 Å². The van der Waals surface area contributed by atoms with Gasteiger partial charge in [0.25, 0.3) is 0 Å². The van der Waals surface area contributed by atoms with Crippen LogP contribution in [0, 0.1) is 12.8 Å². The predicted molar refractivity (Wildman–Crippen MR) is 175 cm³/mol. The quantitative estimate of drug-likeness (QED) is 0.0999. The summed E-state index contributed by atoms with van der Waals surface area (Å²) in [5, 5.41) is 0. The number of allylic oxidation sites excluding steroid dienone is 4. The first-order valence-electron chi connectivity index (χ1n) is 14.1. The molecule has 2 aromatic rings. The van der Waals surface area contributed by atoms with Gasteiger partial charge < -0.3 is 20.0 Å². The molecule has 3 rings (SSSR count). The summed E-state index contributed by atoms with van der Waals surface area (Å²) in [6.07, 6.45) is 12.5. The highest BCUT2D eigenvalue weighted by Crippen LogP contribution is 2.17. The first-order chi connectivity index (χ1) is 19.2. The van der Waals surface area contributed by atoms with Gasteiger partial charge in [-0.05, 0) is 69.0 Å². The molecule has 40 heavy (non-hydrogen) atoms. The van der Waals surface area contributed by atoms with Crippen LogP contribution in [0.4, 0.5) is 0 Å². The number of furan rings is 1. The smallest absolute Gasteiger partial charge is 0.169 e. The Morgan fingerprint density at radius 3 is 2.35 bits per heavy atom. The molecule has 1 saturated heterocycles. The van der Waals surface area contributed by atoms with Gasteiger partial charge in [0.1, 0.15) is 5.76 Å². The van der Waals surface area contributed by atoms with E-state index < -0.39 is 0 Å². The van der Waals surface area contributed by atoms with E-state index in [1.165, 1.54) is 23.1 Å². The molecule has 6 heteroatoms. The first kappa shape index (κ1) is 35.2. The number of nitrogens with two attached hydrogens (primary N) is 1. The summed E-state index contributed by atoms with van der Waals surface area (Å²) in [6, 6.07) is 12.1. The fraction of sp³-hybridized carbons (Fsp3) is 0.441. The number of hydrogen-bond acceptors (Lipinski definition) is 4. The minimum Gasteiger partial charge on any atom is -0.457 e. The molecule has 1 aromatic heterocycles. The third-order valence-electron chi connectivity index (χ3n) is 6.62. The van der Waals surface area contributed by atoms with Crippen LogP contribution in [0.2, 0.25) is 0 Å². The Bertz CT molecular complexity index is 1100. The molecule has 2 N–H and O–H groups in total. The number of amidine groups is 1. The standard InChI is InChI=1S/C27H36N4O.C6H12.CH3Cl/c1-5-23(14-15-31-18-16-30(4)17-19-31)11-10-22(3)29-27(28)26-13-12-25(32-26)20-24-9-7-6-8-21(24)2;1-4-5-6(2)3;1-2/h5-13H,3,14-20H2,1-2,4H3,(H2,28,29);4,6H,1,5H2,2-3H3;1H3/b11-10-,23-5+;;. The van der Waals surface area contributed by atoms with E-state index in [-0.39, 0.29) is 0 Å². The summed E-state index contributed by atoms with van der Waals surface area (Å²) in [7, 11) is 2.18. The molecule has 0 amide bonds. The van der Waals surface area contributed by atoms with Gasteiger partial charge in [-0.1, -0.05) is 68.5 Å². The van der Waals surface area contributed by atoms with E-state index in [1.807, 2.05) is 36.4 Å². The largest absolute Gasteiger partial charge is 0.457 e. The number of nitrogens with zero attached hydrogens (tertiary/aromatic N) is 3. The molecule has 1 fully saturated rings. The van der Waals surface area contributed by atoms with E-state index in [0.717, 1.165) is 63.7 Å². The van der Waals surface area contributed by atoms with Gasteiger partial charge in [0.2, 0.25) is 0 Å². The lowest BCUT2D eigenvalue weighted by molar-refractivity contribution is 0.155. The first-order valence-corrected chi connectivity index (χ1v) is 14.9. The van der Waals surface area contributed by atoms with Gasteiger partial charge in [-0.25, -0.2) is 4.99 Å². The predicted octanol–water partition coefficient (Wildman–Crippen LogP) is 7.61. The third-order valence-corrected chi connectivity index (χ3v) is 6.62. The van der Waals surface area contributed by atoms with Crippen molar-refractivity contribution in [3.05, 3.63) is 108 Å². The molecule has 5 nitrogen and oxygen atoms in total. The van der Waals surface area contributed by atoms with Gasteiger partial charge in [-0.3, -0.25) is 0 Å². The maximum atomic E-state index is 6.18. The number of halogens is 1. The van der Waals surface area contributed by atoms with E-state index in [2.05, 4.69) is 98.6 Å². The van der Waals surface area contributed by atoms with Crippen LogP contribution in [-0.2, 0) is 6.42 Å². The molecule has 0 bridgehead atoms. The Balaban J connectivity index is 0.000000885. The van der Waals surface area contributed by atoms with Gasteiger partial charge in [-0.2, -0.15) is 0 Å². The van der Waals surface area contributed by atoms with Gasteiger partial charge >= 0.3 is 0 Å². The van der Waals surface area contributed by atoms with Crippen molar-refractivity contribution in [2.75, 3.05) is 46.2 Å². The summed E-state index contributed by atoms with van der Waals surface area (Å²) in [5.74, 6) is 2.57. The molecule has 0 unspecified atom stereocenters. The zero-order valence-corrected chi connectivity index (χ0v) is 26.4. The molecular weight excluding hydrogens is 516 g/mol. The van der Waals surface area contributed by atoms with Crippen LogP contribution in [0.15, 0.2) is 94.5 Å². The second kappa shape index (κ2) is 20.1. The average Bonchev–Trinajstić information content (AvgIpc) is 3.41. The van der Waals surface area contributed by atoms with Crippen molar-refractivity contribution in [1.29, 1.82) is 0 Å². The number of hydrogen-bond donors (Lipinski definition) is 1. The van der Waals surface area contributed by atoms with Crippen molar-refractivity contribution in [2.24, 2.45) is 16.6 Å². The van der Waals surface area contributed by atoms with Crippen LogP contribution in [0.25, 0.3) is 0 Å². The van der Waals surface area contributed by atoms with E-state index in [9.17, 15) is 0 Å². The lowest BCUT2D eigenvalue weighted by Crippen LogP contribution is -2.44. The van der Waals surface area contributed by atoms with Crippen LogP contribution >= 0.6 is 11.6 Å². The molecule has 0 atom stereocenters. The summed E-state index contributed by atoms with van der Waals surface area (Å²) in [5.41, 5.74) is 10.6. The Labute approximate surface area is 248 Å². The highest BCUT2D eigenvalue weighted by molar-refractivity contribution is 6.15. The SMILES string of the molecule is C=C(/C=C\C(=C/C)CCN1CCN(C)CC1)N=C(N)c1ccc(Cc2ccccc2C)o1.C=CCC(C)C.CCl. The molecule has 1 aliphatic rings. The van der Waals surface area contributed by atoms with Crippen LogP contribution in [0.3, 0.4) is 0 Å². The van der Waals surface area contributed by atoms with Crippen molar-refractivity contribution in [3.63, 3.8) is 0 Å². The van der Waals surface area contributed by atoms with E-state index in [0.29, 0.717) is 17.3 Å². The van der Waals surface area contributed by atoms with E-state index >= 15 is 0 Å². The molecule has 0 saturated carbocycles. The summed E-state index contributed by atoms with van der Waals surface area (Å²) in [4.78, 5) is 9.33. The molecule has 1 aliphatic heterocycles. The van der Waals surface area contributed by atoms with Gasteiger partial charge in [0.05, 0.1) is 5.70 Å². The number of piperazine rings is 1. The molecule has 0 aliphatic carbocycles. The van der Waals surface area contributed by atoms with E-state index in [4.69, 9.17) is 10.2 Å². The molecular formula is C34H51ClN4O. The Kier molecular flexibility index (Phi) is 17.7. The minimum absolute atomic E-state index is 0.343. The third kappa shape index (κ3) is 14.0. The van der Waals surface area contributed by atoms with Crippen molar-refractivity contribution in [1.82, 2.24) is 9.80 Å². The number of alkyl halides is 1. The van der Waals surface area contributed by atoms with Crippen molar-refractivity contribution in [2.45, 2.75) is 47.0 Å². The highest BCUT2D eigenvalue weighted by Gasteiger charge is 2.13. The normalized spacial score (nSPS) is 14.9. The van der Waals surface area contributed by atoms with Crippen molar-refractivity contribution < 1.29 is 4.42 Å². The summed E-state index contributed by atoms with van der Waals surface area (Å²) >= 11 is 4.64. The van der Waals surface area contributed by atoms with Crippen LogP contribution < -0.4 is 5.73 Å². The minimum atomic E-state index is 0.343. The Morgan fingerprint density at radius 2 is 1.77 bits per heavy atom. The highest BCUT2D eigenvalue weighted by atomic mass is 35.5. The fourth-order valence-corrected chi connectivity index (χ4v) is 4.07. The lowest BCUT2D eigenvalue weighted by Gasteiger charge is -2.32.